The molecule has 0 aromatic heterocycles. The topological polar surface area (TPSA) is 29.5 Å². The molecule has 15 heavy (non-hydrogen) atoms. The zero-order valence-corrected chi connectivity index (χ0v) is 9.99. The molecule has 4 atom stereocenters. The molecule has 0 spiro atoms. The molecule has 2 fully saturated rings. The highest BCUT2D eigenvalue weighted by atomic mass is 16.5. The predicted octanol–water partition coefficient (Wildman–Crippen LogP) is 2.37. The summed E-state index contributed by atoms with van der Waals surface area (Å²) < 4.78 is 5.75. The molecule has 0 amide bonds. The van der Waals surface area contributed by atoms with Gasteiger partial charge in [-0.25, -0.2) is 0 Å². The summed E-state index contributed by atoms with van der Waals surface area (Å²) in [5.41, 5.74) is 0.0550. The first-order valence-corrected chi connectivity index (χ1v) is 5.85. The largest absolute Gasteiger partial charge is 0.390 e. The van der Waals surface area contributed by atoms with Gasteiger partial charge in [-0.3, -0.25) is 0 Å². The molecule has 2 heteroatoms. The SMILES string of the molecule is C=CCO[C@]1(C)C[C@H]2[C@@H](C[C@H]1O)C2(C)C. The van der Waals surface area contributed by atoms with Gasteiger partial charge in [0, 0.05) is 0 Å². The molecule has 2 rings (SSSR count). The summed E-state index contributed by atoms with van der Waals surface area (Å²) in [6.07, 6.45) is 3.31. The standard InChI is InChI=1S/C13H22O2/c1-5-6-15-13(4)8-10-9(7-11(13)14)12(10,2)3/h5,9-11,14H,1,6-8H2,2-4H3/t9-,10+,11-,13-/m1/s1. The van der Waals surface area contributed by atoms with E-state index in [4.69, 9.17) is 4.74 Å². The molecule has 0 bridgehead atoms. The Kier molecular flexibility index (Phi) is 2.47. The molecule has 0 radical (unpaired) electrons. The first kappa shape index (κ1) is 11.2. The van der Waals surface area contributed by atoms with Crippen LogP contribution in [0.2, 0.25) is 0 Å². The number of aliphatic hydroxyl groups excluding tert-OH is 1. The van der Waals surface area contributed by atoms with Crippen molar-refractivity contribution in [3.05, 3.63) is 12.7 Å². The van der Waals surface area contributed by atoms with Crippen molar-refractivity contribution in [1.29, 1.82) is 0 Å². The molecule has 2 nitrogen and oxygen atoms in total. The maximum Gasteiger partial charge on any atom is 0.0919 e. The van der Waals surface area contributed by atoms with Crippen LogP contribution in [0.25, 0.3) is 0 Å². The van der Waals surface area contributed by atoms with E-state index in [9.17, 15) is 5.11 Å². The van der Waals surface area contributed by atoms with Crippen molar-refractivity contribution in [3.8, 4) is 0 Å². The van der Waals surface area contributed by atoms with Gasteiger partial charge >= 0.3 is 0 Å². The van der Waals surface area contributed by atoms with Crippen LogP contribution in [0.4, 0.5) is 0 Å². The summed E-state index contributed by atoms with van der Waals surface area (Å²) in [5, 5.41) is 10.1. The Morgan fingerprint density at radius 1 is 1.40 bits per heavy atom. The van der Waals surface area contributed by atoms with Gasteiger partial charge in [0.25, 0.3) is 0 Å². The Morgan fingerprint density at radius 2 is 2.07 bits per heavy atom. The number of hydrogen-bond donors (Lipinski definition) is 1. The lowest BCUT2D eigenvalue weighted by atomic mass is 9.83. The predicted molar refractivity (Wildman–Crippen MR) is 60.6 cm³/mol. The highest BCUT2D eigenvalue weighted by molar-refractivity contribution is 5.13. The molecule has 2 aliphatic rings. The molecular formula is C13H22O2. The third-order valence-corrected chi connectivity index (χ3v) is 4.63. The van der Waals surface area contributed by atoms with Gasteiger partial charge in [0.2, 0.25) is 0 Å². The molecule has 0 aliphatic heterocycles. The van der Waals surface area contributed by atoms with E-state index in [1.807, 2.05) is 6.92 Å². The van der Waals surface area contributed by atoms with Gasteiger partial charge in [0.15, 0.2) is 0 Å². The summed E-state index contributed by atoms with van der Waals surface area (Å²) in [5.74, 6) is 1.43. The van der Waals surface area contributed by atoms with Crippen LogP contribution in [0.1, 0.15) is 33.6 Å². The van der Waals surface area contributed by atoms with Crippen molar-refractivity contribution >= 4 is 0 Å². The third-order valence-electron chi connectivity index (χ3n) is 4.63. The minimum absolute atomic E-state index is 0.319. The van der Waals surface area contributed by atoms with Crippen LogP contribution in [0.15, 0.2) is 12.7 Å². The molecule has 86 valence electrons. The van der Waals surface area contributed by atoms with Crippen molar-refractivity contribution < 1.29 is 9.84 Å². The van der Waals surface area contributed by atoms with E-state index in [2.05, 4.69) is 20.4 Å². The summed E-state index contributed by atoms with van der Waals surface area (Å²) >= 11 is 0. The second-order valence-electron chi connectivity index (χ2n) is 5.90. The monoisotopic (exact) mass is 210 g/mol. The Morgan fingerprint density at radius 3 is 2.67 bits per heavy atom. The zero-order valence-electron chi connectivity index (χ0n) is 9.99. The van der Waals surface area contributed by atoms with Crippen LogP contribution in [0.5, 0.6) is 0 Å². The quantitative estimate of drug-likeness (QED) is 0.725. The molecule has 0 aromatic rings. The molecule has 2 aliphatic carbocycles. The fraction of sp³-hybridized carbons (Fsp3) is 0.846. The first-order chi connectivity index (χ1) is 6.92. The number of rotatable bonds is 3. The van der Waals surface area contributed by atoms with Crippen molar-refractivity contribution in [2.75, 3.05) is 6.61 Å². The Balaban J connectivity index is 2.05. The Bertz CT molecular complexity index is 272. The van der Waals surface area contributed by atoms with Crippen LogP contribution < -0.4 is 0 Å². The van der Waals surface area contributed by atoms with Crippen LogP contribution in [-0.2, 0) is 4.74 Å². The zero-order chi connectivity index (χ0) is 11.3. The fourth-order valence-corrected chi connectivity index (χ4v) is 3.20. The third kappa shape index (κ3) is 1.64. The average Bonchev–Trinajstić information content (AvgIpc) is 2.66. The number of aliphatic hydroxyl groups is 1. The van der Waals surface area contributed by atoms with Crippen molar-refractivity contribution in [3.63, 3.8) is 0 Å². The molecular weight excluding hydrogens is 188 g/mol. The first-order valence-electron chi connectivity index (χ1n) is 5.85. The lowest BCUT2D eigenvalue weighted by Gasteiger charge is -2.37. The summed E-state index contributed by atoms with van der Waals surface area (Å²) in [6, 6.07) is 0. The number of hydrogen-bond acceptors (Lipinski definition) is 2. The number of ether oxygens (including phenoxy) is 1. The highest BCUT2D eigenvalue weighted by Gasteiger charge is 2.64. The Labute approximate surface area is 92.3 Å². The molecule has 2 saturated carbocycles. The molecule has 0 unspecified atom stereocenters. The van der Waals surface area contributed by atoms with Crippen molar-refractivity contribution in [1.82, 2.24) is 0 Å². The Hall–Kier alpha value is -0.340. The van der Waals surface area contributed by atoms with E-state index in [1.54, 1.807) is 6.08 Å². The summed E-state index contributed by atoms with van der Waals surface area (Å²) in [4.78, 5) is 0. The van der Waals surface area contributed by atoms with Crippen LogP contribution in [0, 0.1) is 17.3 Å². The van der Waals surface area contributed by atoms with Gasteiger partial charge in [-0.05, 0) is 37.0 Å². The van der Waals surface area contributed by atoms with Gasteiger partial charge in [-0.15, -0.1) is 6.58 Å². The molecule has 0 saturated heterocycles. The van der Waals surface area contributed by atoms with Gasteiger partial charge in [-0.2, -0.15) is 0 Å². The van der Waals surface area contributed by atoms with Gasteiger partial charge in [-0.1, -0.05) is 19.9 Å². The van der Waals surface area contributed by atoms with Crippen LogP contribution in [-0.4, -0.2) is 23.4 Å². The van der Waals surface area contributed by atoms with Gasteiger partial charge in [0.1, 0.15) is 0 Å². The maximum atomic E-state index is 10.1. The van der Waals surface area contributed by atoms with E-state index < -0.39 is 0 Å². The van der Waals surface area contributed by atoms with E-state index in [0.29, 0.717) is 17.9 Å². The second kappa shape index (κ2) is 3.33. The normalized spacial score (nSPS) is 47.1. The number of fused-ring (bicyclic) bond motifs is 1. The minimum atomic E-state index is -0.358. The van der Waals surface area contributed by atoms with Gasteiger partial charge < -0.3 is 9.84 Å². The summed E-state index contributed by atoms with van der Waals surface area (Å²) in [7, 11) is 0. The highest BCUT2D eigenvalue weighted by Crippen LogP contribution is 2.66. The van der Waals surface area contributed by atoms with Crippen LogP contribution >= 0.6 is 0 Å². The fourth-order valence-electron chi connectivity index (χ4n) is 3.20. The average molecular weight is 210 g/mol. The second-order valence-corrected chi connectivity index (χ2v) is 5.90. The summed E-state index contributed by atoms with van der Waals surface area (Å²) in [6.45, 7) is 10.8. The van der Waals surface area contributed by atoms with Gasteiger partial charge in [0.05, 0.1) is 18.3 Å². The molecule has 0 aromatic carbocycles. The molecule has 1 N–H and O–H groups in total. The lowest BCUT2D eigenvalue weighted by Crippen LogP contribution is -2.45. The minimum Gasteiger partial charge on any atom is -0.390 e. The molecule has 0 heterocycles. The van der Waals surface area contributed by atoms with E-state index >= 15 is 0 Å². The van der Waals surface area contributed by atoms with E-state index in [-0.39, 0.29) is 11.7 Å². The smallest absolute Gasteiger partial charge is 0.0919 e. The van der Waals surface area contributed by atoms with E-state index in [0.717, 1.165) is 18.8 Å². The van der Waals surface area contributed by atoms with Crippen LogP contribution in [0.3, 0.4) is 0 Å². The lowest BCUT2D eigenvalue weighted by molar-refractivity contribution is -0.126. The van der Waals surface area contributed by atoms with E-state index in [1.165, 1.54) is 0 Å². The maximum absolute atomic E-state index is 10.1. The van der Waals surface area contributed by atoms with Crippen molar-refractivity contribution in [2.45, 2.75) is 45.3 Å². The van der Waals surface area contributed by atoms with Crippen molar-refractivity contribution in [2.24, 2.45) is 17.3 Å².